The van der Waals surface area contributed by atoms with Crippen LogP contribution in [-0.2, 0) is 12.8 Å². The Bertz CT molecular complexity index is 1310. The molecule has 5 nitrogen and oxygen atoms in total. The second kappa shape index (κ2) is 7.87. The van der Waals surface area contributed by atoms with Crippen LogP contribution in [0.3, 0.4) is 0 Å². The van der Waals surface area contributed by atoms with Gasteiger partial charge in [0, 0.05) is 32.9 Å². The molecule has 4 aromatic rings. The van der Waals surface area contributed by atoms with E-state index in [1.54, 1.807) is 31.4 Å². The summed E-state index contributed by atoms with van der Waals surface area (Å²) in [5, 5.41) is 4.41. The maximum atomic E-state index is 13.1. The summed E-state index contributed by atoms with van der Waals surface area (Å²) in [7, 11) is 1.60. The lowest BCUT2D eigenvalue weighted by atomic mass is 9.96. The smallest absolute Gasteiger partial charge is 0.267 e. The van der Waals surface area contributed by atoms with Gasteiger partial charge in [-0.2, -0.15) is 0 Å². The number of ether oxygens (including phenoxy) is 1. The molecule has 2 aromatic heterocycles. The Balaban J connectivity index is 1.63. The predicted octanol–water partition coefficient (Wildman–Crippen LogP) is 5.95. The summed E-state index contributed by atoms with van der Waals surface area (Å²) in [5.74, 6) is 0.471. The molecule has 0 fully saturated rings. The summed E-state index contributed by atoms with van der Waals surface area (Å²) < 4.78 is 5.17. The number of nitrogens with one attached hydrogen (secondary N) is 1. The van der Waals surface area contributed by atoms with Crippen LogP contribution in [0.1, 0.15) is 27.3 Å². The molecule has 0 spiro atoms. The van der Waals surface area contributed by atoms with Crippen molar-refractivity contribution in [1.29, 1.82) is 0 Å². The van der Waals surface area contributed by atoms with Crippen molar-refractivity contribution < 1.29 is 9.53 Å². The molecule has 0 unspecified atom stereocenters. The number of carbonyl (C=O) groups is 1. The number of anilines is 2. The fraction of sp³-hybridized carbons (Fsp3) is 0.167. The van der Waals surface area contributed by atoms with Crippen LogP contribution in [-0.4, -0.2) is 18.0 Å². The van der Waals surface area contributed by atoms with Crippen LogP contribution in [0, 0.1) is 0 Å². The molecule has 156 valence electrons. The minimum Gasteiger partial charge on any atom is -0.497 e. The molecule has 0 bridgehead atoms. The Kier molecular flexibility index (Phi) is 5.04. The van der Waals surface area contributed by atoms with Gasteiger partial charge in [-0.3, -0.25) is 4.79 Å². The first-order chi connectivity index (χ1) is 15.1. The van der Waals surface area contributed by atoms with Gasteiger partial charge in [0.05, 0.1) is 12.8 Å². The number of benzene rings is 2. The molecule has 2 aromatic carbocycles. The largest absolute Gasteiger partial charge is 0.497 e. The zero-order valence-corrected chi connectivity index (χ0v) is 18.4. The van der Waals surface area contributed by atoms with Crippen LogP contribution in [0.2, 0.25) is 5.02 Å². The SMILES string of the molecule is COc1ccc(NC(=O)c2sc3nc4c(c(-c5ccccc5Cl)c3c2N)CCC4)cc1. The average Bonchev–Trinajstić information content (AvgIpc) is 3.38. The Morgan fingerprint density at radius 1 is 1.16 bits per heavy atom. The number of aryl methyl sites for hydroxylation is 1. The molecule has 0 radical (unpaired) electrons. The lowest BCUT2D eigenvalue weighted by molar-refractivity contribution is 0.103. The number of nitrogen functional groups attached to an aromatic ring is 1. The second-order valence-corrected chi connectivity index (χ2v) is 8.86. The van der Waals surface area contributed by atoms with Crippen molar-refractivity contribution >= 4 is 50.4 Å². The maximum Gasteiger partial charge on any atom is 0.267 e. The average molecular weight is 450 g/mol. The zero-order valence-electron chi connectivity index (χ0n) is 16.9. The lowest BCUT2D eigenvalue weighted by Gasteiger charge is -2.13. The molecular weight excluding hydrogens is 430 g/mol. The molecule has 0 atom stereocenters. The van der Waals surface area contributed by atoms with Gasteiger partial charge in [0.25, 0.3) is 5.91 Å². The van der Waals surface area contributed by atoms with E-state index in [1.165, 1.54) is 16.9 Å². The van der Waals surface area contributed by atoms with E-state index in [-0.39, 0.29) is 5.91 Å². The molecule has 1 amide bonds. The first kappa shape index (κ1) is 19.8. The number of hydrogen-bond acceptors (Lipinski definition) is 5. The Morgan fingerprint density at radius 3 is 2.68 bits per heavy atom. The normalized spacial score (nSPS) is 12.7. The number of rotatable bonds is 4. The fourth-order valence-corrected chi connectivity index (χ4v) is 5.39. The van der Waals surface area contributed by atoms with Crippen molar-refractivity contribution in [2.45, 2.75) is 19.3 Å². The number of nitrogens with two attached hydrogens (primary N) is 1. The van der Waals surface area contributed by atoms with Gasteiger partial charge >= 0.3 is 0 Å². The number of amides is 1. The molecular formula is C24H20ClN3O2S. The van der Waals surface area contributed by atoms with Crippen molar-refractivity contribution in [3.63, 3.8) is 0 Å². The number of nitrogens with zero attached hydrogens (tertiary/aromatic N) is 1. The standard InChI is InChI=1S/C24H20ClN3O2S/c1-30-14-11-9-13(10-12-14)27-23(29)22-21(26)20-19(15-5-2-3-7-17(15)25)16-6-4-8-18(16)28-24(20)31-22/h2-3,5,7,9-12H,4,6,8,26H2,1H3,(H,27,29). The number of methoxy groups -OCH3 is 1. The van der Waals surface area contributed by atoms with Gasteiger partial charge in [-0.05, 0) is 55.2 Å². The molecule has 0 saturated carbocycles. The van der Waals surface area contributed by atoms with Crippen molar-refractivity contribution in [1.82, 2.24) is 4.98 Å². The monoisotopic (exact) mass is 449 g/mol. The van der Waals surface area contributed by atoms with Gasteiger partial charge in [-0.25, -0.2) is 4.98 Å². The highest BCUT2D eigenvalue weighted by molar-refractivity contribution is 7.21. The van der Waals surface area contributed by atoms with Crippen LogP contribution in [0.4, 0.5) is 11.4 Å². The highest BCUT2D eigenvalue weighted by atomic mass is 35.5. The summed E-state index contributed by atoms with van der Waals surface area (Å²) in [6.45, 7) is 0. The number of thiophene rings is 1. The second-order valence-electron chi connectivity index (χ2n) is 7.45. The van der Waals surface area contributed by atoms with Gasteiger partial charge in [0.1, 0.15) is 15.5 Å². The molecule has 31 heavy (non-hydrogen) atoms. The maximum absolute atomic E-state index is 13.1. The van der Waals surface area contributed by atoms with E-state index < -0.39 is 0 Å². The van der Waals surface area contributed by atoms with E-state index in [4.69, 9.17) is 27.1 Å². The number of fused-ring (bicyclic) bond motifs is 2. The van der Waals surface area contributed by atoms with Crippen LogP contribution in [0.25, 0.3) is 21.3 Å². The van der Waals surface area contributed by atoms with Crippen LogP contribution >= 0.6 is 22.9 Å². The number of aromatic nitrogens is 1. The number of pyridine rings is 1. The molecule has 3 N–H and O–H groups in total. The van der Waals surface area contributed by atoms with Gasteiger partial charge in [-0.15, -0.1) is 11.3 Å². The highest BCUT2D eigenvalue weighted by Crippen LogP contribution is 2.45. The third-order valence-electron chi connectivity index (χ3n) is 5.60. The van der Waals surface area contributed by atoms with E-state index in [2.05, 4.69) is 5.32 Å². The van der Waals surface area contributed by atoms with Crippen LogP contribution in [0.15, 0.2) is 48.5 Å². The third kappa shape index (κ3) is 3.42. The van der Waals surface area contributed by atoms with Crippen LogP contribution in [0.5, 0.6) is 5.75 Å². The summed E-state index contributed by atoms with van der Waals surface area (Å²) in [6.07, 6.45) is 2.91. The molecule has 1 aliphatic rings. The fourth-order valence-electron chi connectivity index (χ4n) is 4.14. The molecule has 2 heterocycles. The lowest BCUT2D eigenvalue weighted by Crippen LogP contribution is -2.11. The van der Waals surface area contributed by atoms with Gasteiger partial charge in [0.15, 0.2) is 0 Å². The molecule has 7 heteroatoms. The zero-order chi connectivity index (χ0) is 21.5. The van der Waals surface area contributed by atoms with Gasteiger partial charge in [-0.1, -0.05) is 29.8 Å². The third-order valence-corrected chi connectivity index (χ3v) is 7.03. The first-order valence-corrected chi connectivity index (χ1v) is 11.2. The van der Waals surface area contributed by atoms with Crippen molar-refractivity contribution in [3.8, 4) is 16.9 Å². The number of hydrogen-bond donors (Lipinski definition) is 2. The molecule has 5 rings (SSSR count). The van der Waals surface area contributed by atoms with E-state index in [1.807, 2.05) is 24.3 Å². The summed E-state index contributed by atoms with van der Waals surface area (Å²) in [5.41, 5.74) is 11.9. The van der Waals surface area contributed by atoms with Crippen molar-refractivity contribution in [3.05, 3.63) is 69.7 Å². The van der Waals surface area contributed by atoms with Gasteiger partial charge < -0.3 is 15.8 Å². The summed E-state index contributed by atoms with van der Waals surface area (Å²) in [6, 6.07) is 14.9. The minimum absolute atomic E-state index is 0.254. The Hall–Kier alpha value is -3.09. The van der Waals surface area contributed by atoms with Crippen LogP contribution < -0.4 is 15.8 Å². The van der Waals surface area contributed by atoms with Crippen molar-refractivity contribution in [2.75, 3.05) is 18.2 Å². The Morgan fingerprint density at radius 2 is 1.94 bits per heavy atom. The van der Waals surface area contributed by atoms with E-state index in [0.717, 1.165) is 52.0 Å². The van der Waals surface area contributed by atoms with E-state index in [0.29, 0.717) is 21.3 Å². The topological polar surface area (TPSA) is 77.2 Å². The quantitative estimate of drug-likeness (QED) is 0.403. The minimum atomic E-state index is -0.254. The molecule has 0 aliphatic heterocycles. The van der Waals surface area contributed by atoms with Crippen molar-refractivity contribution in [2.24, 2.45) is 0 Å². The molecule has 0 saturated heterocycles. The first-order valence-electron chi connectivity index (χ1n) is 10.0. The molecule has 1 aliphatic carbocycles. The van der Waals surface area contributed by atoms with Gasteiger partial charge in [0.2, 0.25) is 0 Å². The number of halogens is 1. The summed E-state index contributed by atoms with van der Waals surface area (Å²) in [4.78, 5) is 19.2. The number of carbonyl (C=O) groups excluding carboxylic acids is 1. The Labute approximate surface area is 188 Å². The highest BCUT2D eigenvalue weighted by Gasteiger charge is 2.27. The predicted molar refractivity (Wildman–Crippen MR) is 127 cm³/mol. The summed E-state index contributed by atoms with van der Waals surface area (Å²) >= 11 is 7.89. The van der Waals surface area contributed by atoms with E-state index in [9.17, 15) is 4.79 Å². The van der Waals surface area contributed by atoms with E-state index >= 15 is 0 Å².